The van der Waals surface area contributed by atoms with E-state index in [-0.39, 0.29) is 50.0 Å². The Morgan fingerprint density at radius 3 is 0.615 bits per heavy atom. The van der Waals surface area contributed by atoms with Crippen LogP contribution in [-0.2, 0) is 9.59 Å². The van der Waals surface area contributed by atoms with E-state index in [2.05, 4.69) is 0 Å². The van der Waals surface area contributed by atoms with Gasteiger partial charge in [0, 0.05) is 0 Å². The molecule has 0 fully saturated rings. The van der Waals surface area contributed by atoms with Gasteiger partial charge in [-0.1, -0.05) is 44.6 Å². The second kappa shape index (κ2) is 1950. The molecular formula is C8H28N2O3. The third kappa shape index (κ3) is 498. The van der Waals surface area contributed by atoms with Crippen LogP contribution in [0.15, 0.2) is 0 Å². The van der Waals surface area contributed by atoms with Crippen molar-refractivity contribution in [3.63, 3.8) is 0 Å². The van der Waals surface area contributed by atoms with Crippen LogP contribution in [0.5, 0.6) is 0 Å². The van der Waals surface area contributed by atoms with Crippen LogP contribution in [-0.4, -0.2) is 17.6 Å². The molecule has 0 saturated carbocycles. The average molecular weight is 200 g/mol. The van der Waals surface area contributed by atoms with Crippen molar-refractivity contribution in [2.75, 3.05) is 0 Å². The van der Waals surface area contributed by atoms with Crippen molar-refractivity contribution in [2.24, 2.45) is 0 Å². The molecule has 0 aliphatic carbocycles. The summed E-state index contributed by atoms with van der Waals surface area (Å²) in [6, 6.07) is 0. The van der Waals surface area contributed by atoms with Gasteiger partial charge in [-0.2, -0.15) is 0 Å². The maximum Gasteiger partial charge on any atom is 0.231 e. The fourth-order valence-electron chi connectivity index (χ4n) is 0. The third-order valence-electron chi connectivity index (χ3n) is 0. The summed E-state index contributed by atoms with van der Waals surface area (Å²) in [6.07, 6.45) is 1.50. The molecule has 0 bridgehead atoms. The highest BCUT2D eigenvalue weighted by molar-refractivity contribution is 5.26. The van der Waals surface area contributed by atoms with Crippen LogP contribution in [0, 0.1) is 10.8 Å². The lowest BCUT2D eigenvalue weighted by Gasteiger charge is -1.02. The normalized spacial score (nSPS) is 1.23. The first kappa shape index (κ1) is 182. The van der Waals surface area contributed by atoms with Gasteiger partial charge < -0.3 is 5.48 Å². The van der Waals surface area contributed by atoms with Crippen molar-refractivity contribution in [3.05, 3.63) is 0 Å². The quantitative estimate of drug-likeness (QED) is 0.462. The maximum absolute atomic E-state index is 8.35. The van der Waals surface area contributed by atoms with E-state index in [0.29, 0.717) is 0 Å². The Labute approximate surface area is 83.5 Å². The zero-order valence-electron chi connectivity index (χ0n) is 3.32. The molecule has 0 amide bonds. The lowest BCUT2D eigenvalue weighted by Crippen LogP contribution is -1.16. The van der Waals surface area contributed by atoms with Gasteiger partial charge in [-0.25, -0.2) is 20.4 Å². The number of isocyanates is 2. The van der Waals surface area contributed by atoms with Gasteiger partial charge in [0.05, 0.1) is 0 Å². The molecule has 0 aromatic rings. The molecule has 0 aromatic carbocycles. The van der Waals surface area contributed by atoms with Gasteiger partial charge in [0.1, 0.15) is 0 Å². The Hall–Kier alpha value is -1.28. The Morgan fingerprint density at radius 1 is 0.615 bits per heavy atom. The fourth-order valence-corrected chi connectivity index (χ4v) is 0. The summed E-state index contributed by atoms with van der Waals surface area (Å²) >= 11 is 0. The minimum absolute atomic E-state index is 0. The Kier molecular flexibility index (Phi) is 27400. The Bertz CT molecular complexity index is 71.4. The number of hydrogen-bond donors (Lipinski definition) is 2. The van der Waals surface area contributed by atoms with E-state index in [1.54, 1.807) is 0 Å². The summed E-state index contributed by atoms with van der Waals surface area (Å²) in [5, 5.41) is 10.8. The summed E-state index contributed by atoms with van der Waals surface area (Å²) in [5.74, 6) is 0. The summed E-state index contributed by atoms with van der Waals surface area (Å²) < 4.78 is 0. The molecule has 0 aliphatic rings. The SMILES string of the molecule is C.C.C.C.C.C.N=C=O.N=C=O.O. The molecule has 0 radical (unpaired) electrons. The third-order valence-corrected chi connectivity index (χ3v) is 0. The second-order valence-corrected chi connectivity index (χ2v) is 0.204. The van der Waals surface area contributed by atoms with Crippen molar-refractivity contribution in [3.8, 4) is 0 Å². The minimum atomic E-state index is 0. The van der Waals surface area contributed by atoms with E-state index in [0.717, 1.165) is 12.2 Å². The largest absolute Gasteiger partial charge is 0.412 e. The molecule has 88 valence electrons. The summed E-state index contributed by atoms with van der Waals surface area (Å²) in [5.41, 5.74) is 0. The van der Waals surface area contributed by atoms with Crippen molar-refractivity contribution < 1.29 is 15.1 Å². The van der Waals surface area contributed by atoms with Crippen molar-refractivity contribution in [1.82, 2.24) is 0 Å². The van der Waals surface area contributed by atoms with E-state index in [4.69, 9.17) is 20.4 Å². The van der Waals surface area contributed by atoms with Crippen LogP contribution in [0.2, 0.25) is 0 Å². The van der Waals surface area contributed by atoms with Gasteiger partial charge in [-0.15, -0.1) is 0 Å². The maximum atomic E-state index is 8.35. The van der Waals surface area contributed by atoms with Crippen LogP contribution in [0.25, 0.3) is 0 Å². The second-order valence-electron chi connectivity index (χ2n) is 0.204. The van der Waals surface area contributed by atoms with Crippen LogP contribution in [0.1, 0.15) is 44.6 Å². The first-order valence-electron chi connectivity index (χ1n) is 0.908. The molecule has 4 N–H and O–H groups in total. The number of rotatable bonds is 0. The van der Waals surface area contributed by atoms with Crippen molar-refractivity contribution in [1.29, 1.82) is 10.8 Å². The first-order valence-corrected chi connectivity index (χ1v) is 0.908. The highest BCUT2D eigenvalue weighted by Gasteiger charge is 1.04. The molecule has 0 unspecified atom stereocenters. The molecule has 5 heteroatoms. The van der Waals surface area contributed by atoms with Crippen LogP contribution in [0.4, 0.5) is 0 Å². The molecule has 0 aliphatic heterocycles. The zero-order chi connectivity index (χ0) is 5.41. The zero-order valence-corrected chi connectivity index (χ0v) is 3.32. The molecule has 0 aromatic heterocycles. The van der Waals surface area contributed by atoms with Crippen LogP contribution < -0.4 is 0 Å². The van der Waals surface area contributed by atoms with Gasteiger partial charge in [0.15, 0.2) is 0 Å². The number of hydrogen-bond acceptors (Lipinski definition) is 4. The lowest BCUT2D eigenvalue weighted by atomic mass is 11.7. The van der Waals surface area contributed by atoms with Gasteiger partial charge in [0.25, 0.3) is 0 Å². The van der Waals surface area contributed by atoms with E-state index in [9.17, 15) is 0 Å². The van der Waals surface area contributed by atoms with Crippen molar-refractivity contribution >= 4 is 12.2 Å². The molecule has 5 nitrogen and oxygen atoms in total. The van der Waals surface area contributed by atoms with E-state index in [1.165, 1.54) is 0 Å². The highest BCUT2D eigenvalue weighted by Crippen LogP contribution is 0.871. The van der Waals surface area contributed by atoms with E-state index >= 15 is 0 Å². The molecule has 0 rings (SSSR count). The monoisotopic (exact) mass is 200 g/mol. The standard InChI is InChI=1S/2CHNO.6CH4.H2O/c2*2-1-3;;;;;;;/h2*2H;6*1H4;1H2. The number of nitrogens with one attached hydrogen (secondary N) is 2. The molecule has 13 heavy (non-hydrogen) atoms. The topological polar surface area (TPSA) is 113 Å². The summed E-state index contributed by atoms with van der Waals surface area (Å²) in [4.78, 5) is 16.7. The van der Waals surface area contributed by atoms with E-state index in [1.807, 2.05) is 0 Å². The average Bonchev–Trinajstić information content (AvgIpc) is 1.39. The first-order chi connectivity index (χ1) is 2.83. The van der Waals surface area contributed by atoms with E-state index < -0.39 is 0 Å². The van der Waals surface area contributed by atoms with Gasteiger partial charge in [-0.3, -0.25) is 0 Å². The molecule has 0 atom stereocenters. The predicted octanol–water partition coefficient (Wildman–Crippen LogP) is 2.79. The van der Waals surface area contributed by atoms with Gasteiger partial charge >= 0.3 is 0 Å². The predicted molar refractivity (Wildman–Crippen MR) is 60.8 cm³/mol. The number of carbonyl (C=O) groups excluding carboxylic acids is 2. The van der Waals surface area contributed by atoms with Crippen LogP contribution >= 0.6 is 0 Å². The molecule has 0 spiro atoms. The Balaban J connectivity index is -0.00000000229. The summed E-state index contributed by atoms with van der Waals surface area (Å²) in [6.45, 7) is 0. The minimum Gasteiger partial charge on any atom is -0.412 e. The lowest BCUT2D eigenvalue weighted by molar-refractivity contribution is 0.562. The molecule has 0 heterocycles. The van der Waals surface area contributed by atoms with Gasteiger partial charge in [-0.05, 0) is 0 Å². The Morgan fingerprint density at radius 2 is 0.615 bits per heavy atom. The summed E-state index contributed by atoms with van der Waals surface area (Å²) in [7, 11) is 0. The fraction of sp³-hybridized carbons (Fsp3) is 0.750. The molecule has 0 saturated heterocycles. The van der Waals surface area contributed by atoms with Crippen LogP contribution in [0.3, 0.4) is 0 Å². The van der Waals surface area contributed by atoms with Gasteiger partial charge in [0.2, 0.25) is 12.2 Å². The van der Waals surface area contributed by atoms with Crippen molar-refractivity contribution in [2.45, 2.75) is 44.6 Å². The highest BCUT2D eigenvalue weighted by atomic mass is 16.1. The molecular weight excluding hydrogens is 172 g/mol. The smallest absolute Gasteiger partial charge is 0.231 e.